The second-order valence-corrected chi connectivity index (χ2v) is 8.61. The molecule has 1 N–H and O–H groups in total. The zero-order valence-corrected chi connectivity index (χ0v) is 20.0. The molecule has 3 aromatic heterocycles. The monoisotopic (exact) mass is 481 g/mol. The molecule has 34 heavy (non-hydrogen) atoms. The van der Waals surface area contributed by atoms with E-state index >= 15 is 0 Å². The highest BCUT2D eigenvalue weighted by Gasteiger charge is 2.24. The molecule has 0 saturated carbocycles. The average Bonchev–Trinajstić information content (AvgIpc) is 3.28. The van der Waals surface area contributed by atoms with Gasteiger partial charge in [0.25, 0.3) is 0 Å². The van der Waals surface area contributed by atoms with Crippen molar-refractivity contribution in [1.82, 2.24) is 29.7 Å². The van der Waals surface area contributed by atoms with E-state index in [9.17, 15) is 4.39 Å². The number of aromatic nitrogens is 6. The summed E-state index contributed by atoms with van der Waals surface area (Å²) < 4.78 is 29.9. The molecule has 0 amide bonds. The number of hydrogen-bond donors (Lipinski definition) is 1. The molecule has 1 aromatic carbocycles. The number of halogens is 1. The molecular formula is C23H24FN7O2S. The number of hydrogen-bond acceptors (Lipinski definition) is 9. The largest absolute Gasteiger partial charge is 0.481 e. The van der Waals surface area contributed by atoms with Crippen molar-refractivity contribution >= 4 is 17.9 Å². The van der Waals surface area contributed by atoms with Crippen molar-refractivity contribution in [3.8, 4) is 23.1 Å². The number of nitrogens with zero attached hydrogens (tertiary/aromatic N) is 6. The maximum Gasteiger partial charge on any atom is 0.239 e. The Hall–Kier alpha value is -3.57. The minimum atomic E-state index is -0.376. The third-order valence-electron chi connectivity index (χ3n) is 4.96. The fourth-order valence-corrected chi connectivity index (χ4v) is 4.07. The van der Waals surface area contributed by atoms with Crippen LogP contribution in [-0.4, -0.2) is 49.2 Å². The van der Waals surface area contributed by atoms with Crippen molar-refractivity contribution < 1.29 is 13.9 Å². The zero-order valence-electron chi connectivity index (χ0n) is 19.1. The van der Waals surface area contributed by atoms with Gasteiger partial charge >= 0.3 is 0 Å². The summed E-state index contributed by atoms with van der Waals surface area (Å²) in [5, 5.41) is 8.53. The van der Waals surface area contributed by atoms with Crippen LogP contribution in [0.3, 0.4) is 0 Å². The summed E-state index contributed by atoms with van der Waals surface area (Å²) in [5.74, 6) is 1.48. The first-order valence-corrected chi connectivity index (χ1v) is 11.3. The van der Waals surface area contributed by atoms with E-state index in [2.05, 4.69) is 29.9 Å². The van der Waals surface area contributed by atoms with Gasteiger partial charge in [-0.25, -0.2) is 19.3 Å². The predicted octanol–water partition coefficient (Wildman–Crippen LogP) is 4.41. The molecule has 0 aliphatic carbocycles. The second kappa shape index (κ2) is 10.6. The lowest BCUT2D eigenvalue weighted by atomic mass is 10.2. The van der Waals surface area contributed by atoms with Crippen LogP contribution >= 0.6 is 11.9 Å². The van der Waals surface area contributed by atoms with Gasteiger partial charge in [-0.15, -0.1) is 10.2 Å². The van der Waals surface area contributed by atoms with Gasteiger partial charge in [-0.05, 0) is 55.6 Å². The standard InChI is InChI=1S/C23H24FN7O2S/c1-14-12-25-21(26-13-14)20(33-4)15(2)34-30-23-29-28-22(18-9-6-10-19(27-18)32-3)31(23)17-8-5-7-16(24)11-17/h5-13,15,20H,1-4H3,(H,29,30). The lowest BCUT2D eigenvalue weighted by molar-refractivity contribution is 0.0972. The Morgan fingerprint density at radius 1 is 1.06 bits per heavy atom. The van der Waals surface area contributed by atoms with Crippen LogP contribution < -0.4 is 9.46 Å². The van der Waals surface area contributed by atoms with Crippen LogP contribution in [0, 0.1) is 12.7 Å². The summed E-state index contributed by atoms with van der Waals surface area (Å²) in [4.78, 5) is 13.2. The minimum absolute atomic E-state index is 0.0937. The van der Waals surface area contributed by atoms with E-state index in [1.54, 1.807) is 61.5 Å². The first kappa shape index (κ1) is 23.6. The van der Waals surface area contributed by atoms with Crippen LogP contribution in [0.15, 0.2) is 54.9 Å². The van der Waals surface area contributed by atoms with Gasteiger partial charge in [-0.3, -0.25) is 9.29 Å². The van der Waals surface area contributed by atoms with E-state index in [-0.39, 0.29) is 17.2 Å². The quantitative estimate of drug-likeness (QED) is 0.348. The van der Waals surface area contributed by atoms with E-state index in [4.69, 9.17) is 9.47 Å². The Kier molecular flexibility index (Phi) is 7.33. The Balaban J connectivity index is 1.65. The van der Waals surface area contributed by atoms with Crippen molar-refractivity contribution in [1.29, 1.82) is 0 Å². The molecule has 0 aliphatic rings. The molecule has 0 aliphatic heterocycles. The molecule has 2 unspecified atom stereocenters. The van der Waals surface area contributed by atoms with E-state index < -0.39 is 0 Å². The maximum atomic E-state index is 14.1. The highest BCUT2D eigenvalue weighted by molar-refractivity contribution is 8.01. The van der Waals surface area contributed by atoms with Crippen LogP contribution in [-0.2, 0) is 4.74 Å². The summed E-state index contributed by atoms with van der Waals surface area (Å²) in [6, 6.07) is 11.5. The molecule has 0 radical (unpaired) electrons. The SMILES string of the molecule is COc1cccc(-c2nnc(NSC(C)C(OC)c3ncc(C)cn3)n2-c2cccc(F)c2)n1. The van der Waals surface area contributed by atoms with Gasteiger partial charge in [0.15, 0.2) is 11.6 Å². The molecule has 176 valence electrons. The van der Waals surface area contributed by atoms with E-state index in [0.29, 0.717) is 34.9 Å². The topological polar surface area (TPSA) is 99.9 Å². The van der Waals surface area contributed by atoms with Gasteiger partial charge in [0.2, 0.25) is 11.8 Å². The fourth-order valence-electron chi connectivity index (χ4n) is 3.29. The molecule has 9 nitrogen and oxygen atoms in total. The van der Waals surface area contributed by atoms with Crippen molar-refractivity contribution in [3.63, 3.8) is 0 Å². The summed E-state index contributed by atoms with van der Waals surface area (Å²) in [6.45, 7) is 3.92. The minimum Gasteiger partial charge on any atom is -0.481 e. The van der Waals surface area contributed by atoms with Crippen LogP contribution in [0.5, 0.6) is 5.88 Å². The first-order valence-electron chi connectivity index (χ1n) is 10.5. The van der Waals surface area contributed by atoms with E-state index in [1.807, 2.05) is 13.8 Å². The predicted molar refractivity (Wildman–Crippen MR) is 128 cm³/mol. The molecule has 0 fully saturated rings. The van der Waals surface area contributed by atoms with Gasteiger partial charge in [0.05, 0.1) is 18.0 Å². The molecule has 0 saturated heterocycles. The molecular weight excluding hydrogens is 457 g/mol. The van der Waals surface area contributed by atoms with Crippen molar-refractivity contribution in [2.45, 2.75) is 25.2 Å². The van der Waals surface area contributed by atoms with Crippen LogP contribution in [0.4, 0.5) is 10.3 Å². The van der Waals surface area contributed by atoms with Gasteiger partial charge in [-0.2, -0.15) is 0 Å². The maximum absolute atomic E-state index is 14.1. The highest BCUT2D eigenvalue weighted by atomic mass is 32.2. The fraction of sp³-hybridized carbons (Fsp3) is 0.261. The van der Waals surface area contributed by atoms with Gasteiger partial charge < -0.3 is 9.47 Å². The smallest absolute Gasteiger partial charge is 0.239 e. The van der Waals surface area contributed by atoms with Crippen molar-refractivity contribution in [2.24, 2.45) is 0 Å². The number of benzene rings is 1. The van der Waals surface area contributed by atoms with Crippen molar-refractivity contribution in [3.05, 3.63) is 72.1 Å². The Morgan fingerprint density at radius 2 is 1.82 bits per heavy atom. The summed E-state index contributed by atoms with van der Waals surface area (Å²) in [6.07, 6.45) is 3.16. The van der Waals surface area contributed by atoms with Crippen LogP contribution in [0.1, 0.15) is 24.4 Å². The third-order valence-corrected chi connectivity index (χ3v) is 5.88. The summed E-state index contributed by atoms with van der Waals surface area (Å²) >= 11 is 1.37. The lowest BCUT2D eigenvalue weighted by Gasteiger charge is -2.21. The third kappa shape index (κ3) is 5.15. The lowest BCUT2D eigenvalue weighted by Crippen LogP contribution is -2.19. The highest BCUT2D eigenvalue weighted by Crippen LogP contribution is 2.31. The van der Waals surface area contributed by atoms with Crippen LogP contribution in [0.2, 0.25) is 0 Å². The van der Waals surface area contributed by atoms with Gasteiger partial charge in [-0.1, -0.05) is 12.1 Å². The molecule has 2 atom stereocenters. The Labute approximate surface area is 200 Å². The molecule has 4 rings (SSSR count). The number of methoxy groups -OCH3 is 2. The molecule has 0 bridgehead atoms. The number of aryl methyl sites for hydroxylation is 1. The number of pyridine rings is 1. The normalized spacial score (nSPS) is 12.9. The van der Waals surface area contributed by atoms with E-state index in [1.165, 1.54) is 24.1 Å². The zero-order chi connectivity index (χ0) is 24.1. The number of rotatable bonds is 9. The molecule has 4 aromatic rings. The molecule has 3 heterocycles. The second-order valence-electron chi connectivity index (χ2n) is 7.43. The van der Waals surface area contributed by atoms with Crippen LogP contribution in [0.25, 0.3) is 17.2 Å². The van der Waals surface area contributed by atoms with Gasteiger partial charge in [0.1, 0.15) is 17.6 Å². The average molecular weight is 482 g/mol. The number of nitrogens with one attached hydrogen (secondary N) is 1. The number of anilines is 1. The van der Waals surface area contributed by atoms with Crippen molar-refractivity contribution in [2.75, 3.05) is 18.9 Å². The molecule has 0 spiro atoms. The molecule has 11 heteroatoms. The summed E-state index contributed by atoms with van der Waals surface area (Å²) in [5.41, 5.74) is 2.05. The Bertz CT molecular complexity index is 1250. The first-order chi connectivity index (χ1) is 16.5. The Morgan fingerprint density at radius 3 is 2.53 bits per heavy atom. The number of ether oxygens (including phenoxy) is 2. The van der Waals surface area contributed by atoms with E-state index in [0.717, 1.165) is 5.56 Å². The summed E-state index contributed by atoms with van der Waals surface area (Å²) in [7, 11) is 3.16. The van der Waals surface area contributed by atoms with Gasteiger partial charge in [0, 0.05) is 25.6 Å².